The summed E-state index contributed by atoms with van der Waals surface area (Å²) in [5, 5.41) is 9.73. The third-order valence-corrected chi connectivity index (χ3v) is 3.93. The molecule has 1 atom stereocenters. The largest absolute Gasteiger partial charge is 0.395 e. The van der Waals surface area contributed by atoms with Gasteiger partial charge in [-0.25, -0.2) is 0 Å². The van der Waals surface area contributed by atoms with E-state index in [1.54, 1.807) is 0 Å². The van der Waals surface area contributed by atoms with E-state index in [2.05, 4.69) is 39.4 Å². The maximum atomic E-state index is 12.1. The number of nitrogens with zero attached hydrogens (tertiary/aromatic N) is 3. The molecule has 1 aliphatic heterocycles. The normalized spacial score (nSPS) is 21.1. The minimum absolute atomic E-state index is 0.208. The highest BCUT2D eigenvalue weighted by atomic mass is 16.2. The van der Waals surface area contributed by atoms with Gasteiger partial charge in [0.05, 0.1) is 11.4 Å². The molecule has 2 rings (SSSR count). The molecular formula is C13H24N6O. The van der Waals surface area contributed by atoms with Crippen LogP contribution in [-0.4, -0.2) is 72.2 Å². The van der Waals surface area contributed by atoms with Crippen LogP contribution in [0.1, 0.15) is 23.1 Å². The number of amides is 1. The number of H-pyrrole nitrogens is 1. The number of nitrogens with one attached hydrogen (secondary N) is 2. The van der Waals surface area contributed by atoms with E-state index in [4.69, 9.17) is 5.73 Å². The Balaban J connectivity index is 1.93. The Morgan fingerprint density at radius 1 is 1.50 bits per heavy atom. The minimum atomic E-state index is -0.208. The Hall–Kier alpha value is -1.60. The van der Waals surface area contributed by atoms with Crippen LogP contribution < -0.4 is 11.1 Å². The first-order valence-corrected chi connectivity index (χ1v) is 7.02. The third kappa shape index (κ3) is 3.10. The maximum absolute atomic E-state index is 12.1. The van der Waals surface area contributed by atoms with Gasteiger partial charge in [-0.15, -0.1) is 0 Å². The van der Waals surface area contributed by atoms with Crippen LogP contribution in [0.4, 0.5) is 5.69 Å². The number of aromatic nitrogens is 2. The number of piperazine rings is 1. The highest BCUT2D eigenvalue weighted by Crippen LogP contribution is 2.14. The molecule has 1 fully saturated rings. The van der Waals surface area contributed by atoms with Crippen molar-refractivity contribution in [3.63, 3.8) is 0 Å². The van der Waals surface area contributed by atoms with Gasteiger partial charge in [0.2, 0.25) is 0 Å². The zero-order valence-corrected chi connectivity index (χ0v) is 12.4. The van der Waals surface area contributed by atoms with Crippen LogP contribution in [-0.2, 0) is 6.42 Å². The lowest BCUT2D eigenvalue weighted by atomic mass is 10.2. The highest BCUT2D eigenvalue weighted by molar-refractivity contribution is 5.97. The molecule has 0 bridgehead atoms. The summed E-state index contributed by atoms with van der Waals surface area (Å²) in [4.78, 5) is 16.7. The van der Waals surface area contributed by atoms with Gasteiger partial charge in [-0.05, 0) is 20.5 Å². The van der Waals surface area contributed by atoms with E-state index in [1.165, 1.54) is 0 Å². The van der Waals surface area contributed by atoms with Crippen molar-refractivity contribution in [3.05, 3.63) is 11.4 Å². The molecule has 0 aliphatic carbocycles. The molecular weight excluding hydrogens is 256 g/mol. The number of anilines is 1. The zero-order valence-electron chi connectivity index (χ0n) is 12.4. The SMILES string of the molecule is CCc1[nH]nc(C(=O)NCC2CN(C)CCN2C)c1N. The number of carbonyl (C=O) groups excluding carboxylic acids is 1. The fourth-order valence-electron chi connectivity index (χ4n) is 2.45. The predicted octanol–water partition coefficient (Wildman–Crippen LogP) is -0.470. The lowest BCUT2D eigenvalue weighted by Crippen LogP contribution is -2.54. The first-order valence-electron chi connectivity index (χ1n) is 7.02. The van der Waals surface area contributed by atoms with Crippen molar-refractivity contribution in [1.82, 2.24) is 25.3 Å². The molecule has 2 heterocycles. The second kappa shape index (κ2) is 6.23. The monoisotopic (exact) mass is 280 g/mol. The molecule has 1 amide bonds. The molecule has 20 heavy (non-hydrogen) atoms. The number of carbonyl (C=O) groups is 1. The quantitative estimate of drug-likeness (QED) is 0.694. The lowest BCUT2D eigenvalue weighted by molar-refractivity contribution is 0.0877. The van der Waals surface area contributed by atoms with Gasteiger partial charge in [-0.2, -0.15) is 5.10 Å². The number of nitrogens with two attached hydrogens (primary N) is 1. The van der Waals surface area contributed by atoms with Crippen LogP contribution >= 0.6 is 0 Å². The van der Waals surface area contributed by atoms with Crippen molar-refractivity contribution in [2.24, 2.45) is 0 Å². The molecule has 0 radical (unpaired) electrons. The first kappa shape index (κ1) is 14.8. The number of rotatable bonds is 4. The van der Waals surface area contributed by atoms with Gasteiger partial charge in [-0.3, -0.25) is 14.8 Å². The Kier molecular flexibility index (Phi) is 4.61. The van der Waals surface area contributed by atoms with Gasteiger partial charge >= 0.3 is 0 Å². The number of likely N-dealkylation sites (N-methyl/N-ethyl adjacent to an activating group) is 2. The van der Waals surface area contributed by atoms with E-state index in [9.17, 15) is 4.79 Å². The molecule has 1 unspecified atom stereocenters. The van der Waals surface area contributed by atoms with Crippen molar-refractivity contribution >= 4 is 11.6 Å². The van der Waals surface area contributed by atoms with Crippen molar-refractivity contribution in [2.45, 2.75) is 19.4 Å². The molecule has 4 N–H and O–H groups in total. The first-order chi connectivity index (χ1) is 9.52. The van der Waals surface area contributed by atoms with Gasteiger partial charge in [0, 0.05) is 32.2 Å². The zero-order chi connectivity index (χ0) is 14.7. The average Bonchev–Trinajstić information content (AvgIpc) is 2.80. The van der Waals surface area contributed by atoms with Crippen LogP contribution in [0.15, 0.2) is 0 Å². The molecule has 1 aromatic heterocycles. The summed E-state index contributed by atoms with van der Waals surface area (Å²) < 4.78 is 0. The summed E-state index contributed by atoms with van der Waals surface area (Å²) in [6.07, 6.45) is 0.738. The number of aromatic amines is 1. The molecule has 1 aliphatic rings. The fourth-order valence-corrected chi connectivity index (χ4v) is 2.45. The standard InChI is InChI=1S/C13H24N6O/c1-4-10-11(14)12(17-16-10)13(20)15-7-9-8-18(2)5-6-19(9)3/h9H,4-8,14H2,1-3H3,(H,15,20)(H,16,17). The summed E-state index contributed by atoms with van der Waals surface area (Å²) in [5.74, 6) is -0.208. The fraction of sp³-hybridized carbons (Fsp3) is 0.692. The van der Waals surface area contributed by atoms with E-state index in [1.807, 2.05) is 6.92 Å². The molecule has 7 nitrogen and oxygen atoms in total. The van der Waals surface area contributed by atoms with Crippen LogP contribution in [0, 0.1) is 0 Å². The molecule has 0 spiro atoms. The van der Waals surface area contributed by atoms with Gasteiger partial charge in [0.15, 0.2) is 5.69 Å². The van der Waals surface area contributed by atoms with Crippen molar-refractivity contribution in [2.75, 3.05) is 46.0 Å². The summed E-state index contributed by atoms with van der Waals surface area (Å²) in [6, 6.07) is 0.323. The Morgan fingerprint density at radius 3 is 2.90 bits per heavy atom. The summed E-state index contributed by atoms with van der Waals surface area (Å²) >= 11 is 0. The number of hydrogen-bond acceptors (Lipinski definition) is 5. The van der Waals surface area contributed by atoms with Crippen LogP contribution in [0.25, 0.3) is 0 Å². The van der Waals surface area contributed by atoms with Crippen LogP contribution in [0.2, 0.25) is 0 Å². The second-order valence-corrected chi connectivity index (χ2v) is 5.42. The molecule has 112 valence electrons. The lowest BCUT2D eigenvalue weighted by Gasteiger charge is -2.37. The topological polar surface area (TPSA) is 90.3 Å². The van der Waals surface area contributed by atoms with Crippen LogP contribution in [0.5, 0.6) is 0 Å². The number of aryl methyl sites for hydroxylation is 1. The average molecular weight is 280 g/mol. The smallest absolute Gasteiger partial charge is 0.273 e. The van der Waals surface area contributed by atoms with Crippen molar-refractivity contribution in [1.29, 1.82) is 0 Å². The Morgan fingerprint density at radius 2 is 2.25 bits per heavy atom. The van der Waals surface area contributed by atoms with E-state index in [0.29, 0.717) is 24.0 Å². The maximum Gasteiger partial charge on any atom is 0.273 e. The van der Waals surface area contributed by atoms with E-state index < -0.39 is 0 Å². The number of hydrogen-bond donors (Lipinski definition) is 3. The minimum Gasteiger partial charge on any atom is -0.395 e. The summed E-state index contributed by atoms with van der Waals surface area (Å²) in [6.45, 7) is 5.60. The Labute approximate surface area is 119 Å². The van der Waals surface area contributed by atoms with E-state index in [0.717, 1.165) is 31.7 Å². The van der Waals surface area contributed by atoms with Gasteiger partial charge in [-0.1, -0.05) is 6.92 Å². The van der Waals surface area contributed by atoms with Crippen LogP contribution in [0.3, 0.4) is 0 Å². The molecule has 1 aromatic rings. The van der Waals surface area contributed by atoms with Gasteiger partial charge < -0.3 is 16.0 Å². The van der Waals surface area contributed by atoms with E-state index >= 15 is 0 Å². The van der Waals surface area contributed by atoms with Gasteiger partial charge in [0.1, 0.15) is 0 Å². The molecule has 0 aromatic carbocycles. The predicted molar refractivity (Wildman–Crippen MR) is 78.6 cm³/mol. The number of nitrogen functional groups attached to an aromatic ring is 1. The molecule has 1 saturated heterocycles. The summed E-state index contributed by atoms with van der Waals surface area (Å²) in [7, 11) is 4.18. The molecule has 7 heteroatoms. The Bertz CT molecular complexity index is 471. The molecule has 0 saturated carbocycles. The highest BCUT2D eigenvalue weighted by Gasteiger charge is 2.23. The summed E-state index contributed by atoms with van der Waals surface area (Å²) in [5.41, 5.74) is 7.47. The third-order valence-electron chi connectivity index (χ3n) is 3.93. The van der Waals surface area contributed by atoms with Crippen molar-refractivity contribution in [3.8, 4) is 0 Å². The van der Waals surface area contributed by atoms with Crippen molar-refractivity contribution < 1.29 is 4.79 Å². The van der Waals surface area contributed by atoms with Gasteiger partial charge in [0.25, 0.3) is 5.91 Å². The van der Waals surface area contributed by atoms with E-state index in [-0.39, 0.29) is 5.91 Å². The second-order valence-electron chi connectivity index (χ2n) is 5.42.